The number of nitrogens with one attached hydrogen (secondary N) is 2. The van der Waals surface area contributed by atoms with Gasteiger partial charge in [0.05, 0.1) is 13.2 Å². The van der Waals surface area contributed by atoms with Gasteiger partial charge in [0.1, 0.15) is 0 Å². The molecule has 2 heterocycles. The van der Waals surface area contributed by atoms with Crippen LogP contribution >= 0.6 is 0 Å². The summed E-state index contributed by atoms with van der Waals surface area (Å²) < 4.78 is 5.15. The highest BCUT2D eigenvalue weighted by Gasteiger charge is 2.34. The molecule has 1 atom stereocenters. The minimum atomic E-state index is 0.160. The zero-order valence-electron chi connectivity index (χ0n) is 7.93. The number of hydrogen-bond donors (Lipinski definition) is 2. The molecule has 0 aromatic carbocycles. The molecule has 2 aliphatic heterocycles. The highest BCUT2D eigenvalue weighted by molar-refractivity contribution is 5.78. The number of carbonyl (C=O) groups excluding carboxylic acids is 1. The highest BCUT2D eigenvalue weighted by atomic mass is 16.5. The Hall–Kier alpha value is -0.610. The van der Waals surface area contributed by atoms with Gasteiger partial charge < -0.3 is 15.4 Å². The zero-order chi connectivity index (χ0) is 9.31. The second-order valence-corrected chi connectivity index (χ2v) is 4.39. The number of rotatable bonds is 3. The van der Waals surface area contributed by atoms with Crippen molar-refractivity contribution in [1.82, 2.24) is 10.6 Å². The van der Waals surface area contributed by atoms with E-state index < -0.39 is 0 Å². The summed E-state index contributed by atoms with van der Waals surface area (Å²) in [5.41, 5.74) is 0.297. The van der Waals surface area contributed by atoms with Crippen molar-refractivity contribution in [3.8, 4) is 0 Å². The van der Waals surface area contributed by atoms with Crippen molar-refractivity contribution >= 4 is 5.91 Å². The number of amides is 1. The molecule has 0 aliphatic carbocycles. The lowest BCUT2D eigenvalue weighted by atomic mass is 9.88. The maximum absolute atomic E-state index is 10.9. The molecule has 1 amide bonds. The van der Waals surface area contributed by atoms with Gasteiger partial charge in [-0.05, 0) is 0 Å². The minimum Gasteiger partial charge on any atom is -0.380 e. The van der Waals surface area contributed by atoms with Crippen molar-refractivity contribution < 1.29 is 9.53 Å². The lowest BCUT2D eigenvalue weighted by Crippen LogP contribution is -2.49. The average Bonchev–Trinajstić information content (AvgIpc) is 2.44. The van der Waals surface area contributed by atoms with Gasteiger partial charge in [-0.1, -0.05) is 6.92 Å². The fourth-order valence-electron chi connectivity index (χ4n) is 1.69. The molecule has 0 spiro atoms. The van der Waals surface area contributed by atoms with Crippen LogP contribution in [-0.2, 0) is 9.53 Å². The summed E-state index contributed by atoms with van der Waals surface area (Å²) in [6, 6.07) is 0.324. The molecule has 0 saturated carbocycles. The molecule has 2 fully saturated rings. The van der Waals surface area contributed by atoms with Crippen LogP contribution in [0.3, 0.4) is 0 Å². The van der Waals surface area contributed by atoms with Crippen molar-refractivity contribution in [2.75, 3.05) is 26.3 Å². The van der Waals surface area contributed by atoms with Crippen LogP contribution in [0.25, 0.3) is 0 Å². The summed E-state index contributed by atoms with van der Waals surface area (Å²) in [4.78, 5) is 10.9. The first-order valence-corrected chi connectivity index (χ1v) is 4.76. The van der Waals surface area contributed by atoms with Crippen molar-refractivity contribution in [1.29, 1.82) is 0 Å². The maximum atomic E-state index is 10.9. The lowest BCUT2D eigenvalue weighted by molar-refractivity contribution is -0.119. The Morgan fingerprint density at radius 1 is 1.69 bits per heavy atom. The Morgan fingerprint density at radius 2 is 2.46 bits per heavy atom. The summed E-state index contributed by atoms with van der Waals surface area (Å²) in [5, 5.41) is 6.20. The standard InChI is InChI=1S/C9H16N2O2/c1-9(5-13-6-9)4-11-7-2-8(12)10-3-7/h7,11H,2-6H2,1H3,(H,10,12). The Balaban J connectivity index is 1.70. The van der Waals surface area contributed by atoms with Crippen LogP contribution in [0.5, 0.6) is 0 Å². The number of hydrogen-bond acceptors (Lipinski definition) is 3. The van der Waals surface area contributed by atoms with E-state index in [4.69, 9.17) is 4.74 Å². The third kappa shape index (κ3) is 2.00. The molecular formula is C9H16N2O2. The quantitative estimate of drug-likeness (QED) is 0.622. The number of ether oxygens (including phenoxy) is 1. The van der Waals surface area contributed by atoms with Crippen LogP contribution in [0.15, 0.2) is 0 Å². The third-order valence-electron chi connectivity index (χ3n) is 2.70. The van der Waals surface area contributed by atoms with E-state index in [1.54, 1.807) is 0 Å². The van der Waals surface area contributed by atoms with Crippen LogP contribution in [0.4, 0.5) is 0 Å². The predicted molar refractivity (Wildman–Crippen MR) is 48.3 cm³/mol. The summed E-state index contributed by atoms with van der Waals surface area (Å²) in [6.07, 6.45) is 0.622. The van der Waals surface area contributed by atoms with Gasteiger partial charge in [-0.2, -0.15) is 0 Å². The largest absolute Gasteiger partial charge is 0.380 e. The van der Waals surface area contributed by atoms with Crippen LogP contribution in [-0.4, -0.2) is 38.3 Å². The Labute approximate surface area is 78.0 Å². The zero-order valence-corrected chi connectivity index (χ0v) is 7.93. The van der Waals surface area contributed by atoms with Gasteiger partial charge >= 0.3 is 0 Å². The highest BCUT2D eigenvalue weighted by Crippen LogP contribution is 2.25. The molecule has 74 valence electrons. The van der Waals surface area contributed by atoms with Gasteiger partial charge in [0, 0.05) is 31.0 Å². The molecule has 0 aromatic rings. The second kappa shape index (κ2) is 3.27. The van der Waals surface area contributed by atoms with E-state index >= 15 is 0 Å². The van der Waals surface area contributed by atoms with Crippen LogP contribution < -0.4 is 10.6 Å². The molecule has 0 aromatic heterocycles. The molecule has 2 N–H and O–H groups in total. The van der Waals surface area contributed by atoms with Gasteiger partial charge in [0.15, 0.2) is 0 Å². The molecule has 4 nitrogen and oxygen atoms in total. The molecular weight excluding hydrogens is 168 g/mol. The van der Waals surface area contributed by atoms with Gasteiger partial charge in [-0.15, -0.1) is 0 Å². The van der Waals surface area contributed by atoms with Crippen molar-refractivity contribution in [3.63, 3.8) is 0 Å². The molecule has 13 heavy (non-hydrogen) atoms. The summed E-state index contributed by atoms with van der Waals surface area (Å²) in [6.45, 7) is 5.61. The first kappa shape index (κ1) is 8.97. The molecule has 0 radical (unpaired) electrons. The normalized spacial score (nSPS) is 31.2. The average molecular weight is 184 g/mol. The van der Waals surface area contributed by atoms with E-state index in [-0.39, 0.29) is 5.91 Å². The first-order valence-electron chi connectivity index (χ1n) is 4.76. The molecule has 2 rings (SSSR count). The van der Waals surface area contributed by atoms with E-state index in [0.717, 1.165) is 26.3 Å². The van der Waals surface area contributed by atoms with Gasteiger partial charge in [-0.25, -0.2) is 0 Å². The third-order valence-corrected chi connectivity index (χ3v) is 2.70. The van der Waals surface area contributed by atoms with Gasteiger partial charge in [0.25, 0.3) is 0 Å². The van der Waals surface area contributed by atoms with E-state index in [0.29, 0.717) is 17.9 Å². The molecule has 2 saturated heterocycles. The summed E-state index contributed by atoms with van der Waals surface area (Å²) in [7, 11) is 0. The second-order valence-electron chi connectivity index (χ2n) is 4.39. The van der Waals surface area contributed by atoms with Crippen molar-refractivity contribution in [3.05, 3.63) is 0 Å². The topological polar surface area (TPSA) is 50.4 Å². The van der Waals surface area contributed by atoms with E-state index in [2.05, 4.69) is 17.6 Å². The molecule has 0 bridgehead atoms. The minimum absolute atomic E-state index is 0.160. The Morgan fingerprint density at radius 3 is 2.92 bits per heavy atom. The summed E-state index contributed by atoms with van der Waals surface area (Å²) in [5.74, 6) is 0.160. The molecule has 2 aliphatic rings. The smallest absolute Gasteiger partial charge is 0.221 e. The molecule has 4 heteroatoms. The SMILES string of the molecule is CC1(CNC2CNC(=O)C2)COC1. The monoisotopic (exact) mass is 184 g/mol. The predicted octanol–water partition coefficient (Wildman–Crippen LogP) is -0.499. The Kier molecular flexibility index (Phi) is 2.26. The fraction of sp³-hybridized carbons (Fsp3) is 0.889. The molecule has 1 unspecified atom stereocenters. The summed E-state index contributed by atoms with van der Waals surface area (Å²) >= 11 is 0. The van der Waals surface area contributed by atoms with E-state index in [9.17, 15) is 4.79 Å². The maximum Gasteiger partial charge on any atom is 0.221 e. The van der Waals surface area contributed by atoms with Crippen LogP contribution in [0, 0.1) is 5.41 Å². The van der Waals surface area contributed by atoms with Crippen LogP contribution in [0.1, 0.15) is 13.3 Å². The van der Waals surface area contributed by atoms with Gasteiger partial charge in [0.2, 0.25) is 5.91 Å². The van der Waals surface area contributed by atoms with E-state index in [1.807, 2.05) is 0 Å². The Bertz CT molecular complexity index is 214. The van der Waals surface area contributed by atoms with Crippen molar-refractivity contribution in [2.45, 2.75) is 19.4 Å². The van der Waals surface area contributed by atoms with Crippen molar-refractivity contribution in [2.24, 2.45) is 5.41 Å². The first-order chi connectivity index (χ1) is 6.18. The van der Waals surface area contributed by atoms with Crippen LogP contribution in [0.2, 0.25) is 0 Å². The van der Waals surface area contributed by atoms with Gasteiger partial charge in [-0.3, -0.25) is 4.79 Å². The number of carbonyl (C=O) groups is 1. The fourth-order valence-corrected chi connectivity index (χ4v) is 1.69. The lowest BCUT2D eigenvalue weighted by Gasteiger charge is -2.38. The van der Waals surface area contributed by atoms with E-state index in [1.165, 1.54) is 0 Å².